The Morgan fingerprint density at radius 1 is 1.71 bits per heavy atom. The minimum absolute atomic E-state index is 0.0759. The van der Waals surface area contributed by atoms with Crippen molar-refractivity contribution in [2.24, 2.45) is 11.0 Å². The third-order valence-electron chi connectivity index (χ3n) is 1.62. The second-order valence-electron chi connectivity index (χ2n) is 2.77. The maximum Gasteiger partial charge on any atom is 0.306 e. The predicted octanol–water partition coefficient (Wildman–Crippen LogP) is 2.79. The Bertz CT molecular complexity index is 231. The third kappa shape index (κ3) is 6.01. The second-order valence-corrected chi connectivity index (χ2v) is 5.54. The largest absolute Gasteiger partial charge is 0.481 e. The molecule has 0 spiro atoms. The van der Waals surface area contributed by atoms with Crippen LogP contribution in [0.25, 0.3) is 10.4 Å². The van der Waals surface area contributed by atoms with Gasteiger partial charge in [-0.05, 0) is 18.2 Å². The van der Waals surface area contributed by atoms with Crippen LogP contribution in [0.2, 0.25) is 0 Å². The molecule has 7 heteroatoms. The minimum Gasteiger partial charge on any atom is -0.481 e. The van der Waals surface area contributed by atoms with Crippen LogP contribution in [0, 0.1) is 5.92 Å². The zero-order chi connectivity index (χ0) is 11.0. The second kappa shape index (κ2) is 7.84. The minimum atomic E-state index is -0.808. The van der Waals surface area contributed by atoms with Crippen molar-refractivity contribution >= 4 is 27.6 Å². The third-order valence-corrected chi connectivity index (χ3v) is 3.82. The van der Waals surface area contributed by atoms with E-state index >= 15 is 0 Å². The van der Waals surface area contributed by atoms with Gasteiger partial charge in [0.05, 0.1) is 5.92 Å². The number of rotatable bonds is 7. The summed E-state index contributed by atoms with van der Waals surface area (Å²) in [7, 11) is 3.10. The van der Waals surface area contributed by atoms with Crippen LogP contribution >= 0.6 is 21.6 Å². The van der Waals surface area contributed by atoms with Gasteiger partial charge in [-0.1, -0.05) is 33.6 Å². The normalized spacial score (nSPS) is 14.1. The van der Waals surface area contributed by atoms with E-state index in [0.29, 0.717) is 13.0 Å². The highest BCUT2D eigenvalue weighted by molar-refractivity contribution is 8.76. The number of azide groups is 1. The lowest BCUT2D eigenvalue weighted by Crippen LogP contribution is -2.17. The number of hydrogen-bond acceptors (Lipinski definition) is 4. The van der Waals surface area contributed by atoms with E-state index in [1.54, 1.807) is 28.5 Å². The highest BCUT2D eigenvalue weighted by Gasteiger charge is 2.17. The van der Waals surface area contributed by atoms with Crippen molar-refractivity contribution in [3.05, 3.63) is 10.4 Å². The van der Waals surface area contributed by atoms with E-state index in [-0.39, 0.29) is 5.25 Å². The summed E-state index contributed by atoms with van der Waals surface area (Å²) in [6.45, 7) is 2.01. The quantitative estimate of drug-likeness (QED) is 0.318. The van der Waals surface area contributed by atoms with Gasteiger partial charge in [-0.2, -0.15) is 0 Å². The molecule has 1 unspecified atom stereocenters. The summed E-state index contributed by atoms with van der Waals surface area (Å²) in [4.78, 5) is 13.3. The van der Waals surface area contributed by atoms with Crippen molar-refractivity contribution in [3.63, 3.8) is 0 Å². The number of carboxylic acid groups (broad SMARTS) is 1. The van der Waals surface area contributed by atoms with Crippen LogP contribution in [0.5, 0.6) is 0 Å². The van der Waals surface area contributed by atoms with Crippen molar-refractivity contribution in [1.29, 1.82) is 0 Å². The van der Waals surface area contributed by atoms with Gasteiger partial charge in [0.25, 0.3) is 0 Å². The monoisotopic (exact) mass is 235 g/mol. The topological polar surface area (TPSA) is 86.1 Å². The SMILES string of the molecule is CSSC(CN=[N+]=[N-])C[C@H](C)C(=O)O. The molecule has 0 amide bonds. The van der Waals surface area contributed by atoms with Crippen molar-refractivity contribution in [2.45, 2.75) is 18.6 Å². The molecule has 5 nitrogen and oxygen atoms in total. The van der Waals surface area contributed by atoms with Gasteiger partial charge in [-0.25, -0.2) is 0 Å². The Balaban J connectivity index is 4.06. The highest BCUT2D eigenvalue weighted by atomic mass is 33.1. The number of carboxylic acids is 1. The van der Waals surface area contributed by atoms with Gasteiger partial charge in [0.1, 0.15) is 0 Å². The fourth-order valence-electron chi connectivity index (χ4n) is 0.903. The van der Waals surface area contributed by atoms with E-state index < -0.39 is 11.9 Å². The molecule has 0 aromatic carbocycles. The van der Waals surface area contributed by atoms with E-state index in [1.807, 2.05) is 6.26 Å². The molecule has 0 aromatic rings. The van der Waals surface area contributed by atoms with Gasteiger partial charge in [0, 0.05) is 16.7 Å². The molecular weight excluding hydrogens is 222 g/mol. The van der Waals surface area contributed by atoms with Crippen LogP contribution in [0.1, 0.15) is 13.3 Å². The Labute approximate surface area is 90.7 Å². The highest BCUT2D eigenvalue weighted by Crippen LogP contribution is 2.28. The molecule has 0 rings (SSSR count). The van der Waals surface area contributed by atoms with Gasteiger partial charge >= 0.3 is 5.97 Å². The Morgan fingerprint density at radius 3 is 2.79 bits per heavy atom. The molecule has 0 aromatic heterocycles. The number of hydrogen-bond donors (Lipinski definition) is 1. The predicted molar refractivity (Wildman–Crippen MR) is 60.3 cm³/mol. The molecule has 0 heterocycles. The summed E-state index contributed by atoms with van der Waals surface area (Å²) in [5, 5.41) is 12.2. The Hall–Kier alpha value is -0.520. The van der Waals surface area contributed by atoms with Crippen LogP contribution in [0.15, 0.2) is 5.11 Å². The van der Waals surface area contributed by atoms with Crippen molar-refractivity contribution in [3.8, 4) is 0 Å². The molecule has 80 valence electrons. The maximum absolute atomic E-state index is 10.6. The van der Waals surface area contributed by atoms with Crippen LogP contribution in [0.3, 0.4) is 0 Å². The van der Waals surface area contributed by atoms with Gasteiger partial charge in [0.2, 0.25) is 0 Å². The molecule has 0 saturated heterocycles. The molecule has 0 saturated carbocycles. The van der Waals surface area contributed by atoms with Crippen molar-refractivity contribution < 1.29 is 9.90 Å². The van der Waals surface area contributed by atoms with Crippen molar-refractivity contribution in [2.75, 3.05) is 12.8 Å². The summed E-state index contributed by atoms with van der Waals surface area (Å²) >= 11 is 0. The van der Waals surface area contributed by atoms with Crippen LogP contribution in [0.4, 0.5) is 0 Å². The molecule has 0 fully saturated rings. The average Bonchev–Trinajstić information content (AvgIpc) is 2.14. The first kappa shape index (κ1) is 13.5. The molecule has 0 aliphatic heterocycles. The molecule has 0 bridgehead atoms. The molecule has 1 N–H and O–H groups in total. The van der Waals surface area contributed by atoms with Gasteiger partial charge in [-0.15, -0.1) is 0 Å². The average molecular weight is 235 g/mol. The smallest absolute Gasteiger partial charge is 0.306 e. The van der Waals surface area contributed by atoms with E-state index in [0.717, 1.165) is 0 Å². The van der Waals surface area contributed by atoms with Gasteiger partial charge < -0.3 is 5.11 Å². The van der Waals surface area contributed by atoms with E-state index in [9.17, 15) is 4.79 Å². The first-order chi connectivity index (χ1) is 6.61. The van der Waals surface area contributed by atoms with Crippen LogP contribution < -0.4 is 0 Å². The van der Waals surface area contributed by atoms with E-state index in [4.69, 9.17) is 10.6 Å². The first-order valence-electron chi connectivity index (χ1n) is 4.05. The summed E-state index contributed by atoms with van der Waals surface area (Å²) in [6.07, 6.45) is 2.44. The lowest BCUT2D eigenvalue weighted by Gasteiger charge is -2.14. The molecule has 14 heavy (non-hydrogen) atoms. The summed E-state index contributed by atoms with van der Waals surface area (Å²) in [5.74, 6) is -1.20. The van der Waals surface area contributed by atoms with Gasteiger partial charge in [-0.3, -0.25) is 4.79 Å². The Morgan fingerprint density at radius 2 is 2.36 bits per heavy atom. The zero-order valence-corrected chi connectivity index (χ0v) is 9.72. The summed E-state index contributed by atoms with van der Waals surface area (Å²) in [6, 6.07) is 0. The molecule has 0 aliphatic rings. The molecule has 0 aliphatic carbocycles. The molecular formula is C7H13N3O2S2. The van der Waals surface area contributed by atoms with E-state index in [2.05, 4.69) is 10.0 Å². The number of aliphatic carboxylic acids is 1. The maximum atomic E-state index is 10.6. The number of carbonyl (C=O) groups is 1. The summed E-state index contributed by atoms with van der Waals surface area (Å²) in [5.41, 5.74) is 8.15. The first-order valence-corrected chi connectivity index (χ1v) is 6.67. The fourth-order valence-corrected chi connectivity index (χ4v) is 2.90. The molecule has 2 atom stereocenters. The standard InChI is InChI=1S/C7H13N3O2S2/c1-5(7(11)12)3-6(14-13-2)4-9-10-8/h5-6H,3-4H2,1-2H3,(H,11,12)/t5-,6?/m0/s1. The number of nitrogens with zero attached hydrogens (tertiary/aromatic N) is 3. The summed E-state index contributed by atoms with van der Waals surface area (Å²) < 4.78 is 0. The van der Waals surface area contributed by atoms with E-state index in [1.165, 1.54) is 0 Å². The lowest BCUT2D eigenvalue weighted by atomic mass is 10.1. The van der Waals surface area contributed by atoms with Crippen LogP contribution in [-0.2, 0) is 4.79 Å². The molecule has 0 radical (unpaired) electrons. The zero-order valence-electron chi connectivity index (χ0n) is 8.08. The lowest BCUT2D eigenvalue weighted by molar-refractivity contribution is -0.141. The van der Waals surface area contributed by atoms with Gasteiger partial charge in [0.15, 0.2) is 0 Å². The van der Waals surface area contributed by atoms with Crippen LogP contribution in [-0.4, -0.2) is 29.1 Å². The van der Waals surface area contributed by atoms with Crippen molar-refractivity contribution in [1.82, 2.24) is 0 Å². The fraction of sp³-hybridized carbons (Fsp3) is 0.857. The Kier molecular flexibility index (Phi) is 7.55.